The van der Waals surface area contributed by atoms with Gasteiger partial charge in [0.2, 0.25) is 5.60 Å². The van der Waals surface area contributed by atoms with Crippen LogP contribution in [0, 0.1) is 0 Å². The number of ether oxygens (including phenoxy) is 1. The summed E-state index contributed by atoms with van der Waals surface area (Å²) in [6, 6.07) is 5.85. The van der Waals surface area contributed by atoms with E-state index in [0.717, 1.165) is 0 Å². The van der Waals surface area contributed by atoms with Crippen LogP contribution in [0.5, 0.6) is 0 Å². The minimum absolute atomic E-state index is 0.319. The average molecular weight is 358 g/mol. The highest BCUT2D eigenvalue weighted by atomic mass is 35.5. The first-order valence-electron chi connectivity index (χ1n) is 6.52. The summed E-state index contributed by atoms with van der Waals surface area (Å²) in [6.45, 7) is 1.20. The largest absolute Gasteiger partial charge is 0.455 e. The Morgan fingerprint density at radius 1 is 1.17 bits per heavy atom. The van der Waals surface area contributed by atoms with Crippen LogP contribution in [-0.4, -0.2) is 30.2 Å². The topological polar surface area (TPSA) is 41.6 Å². The fourth-order valence-corrected chi connectivity index (χ4v) is 2.44. The number of carbonyl (C=O) groups excluding carboxylic acids is 1. The zero-order chi connectivity index (χ0) is 17.7. The summed E-state index contributed by atoms with van der Waals surface area (Å²) in [7, 11) is 0. The lowest BCUT2D eigenvalue weighted by atomic mass is 9.87. The van der Waals surface area contributed by atoms with Gasteiger partial charge in [-0.1, -0.05) is 23.7 Å². The van der Waals surface area contributed by atoms with Crippen LogP contribution in [0.4, 0.5) is 22.0 Å². The molecule has 0 aliphatic carbocycles. The lowest BCUT2D eigenvalue weighted by molar-refractivity contribution is -0.278. The van der Waals surface area contributed by atoms with Crippen LogP contribution in [0.25, 0.3) is 0 Å². The molecule has 128 valence electrons. The first-order chi connectivity index (χ1) is 10.3. The molecule has 0 bridgehead atoms. The summed E-state index contributed by atoms with van der Waals surface area (Å²) in [4.78, 5) is 12.2. The SMILES string of the molecule is CC1(C)OC1(C(=O)NCC(F)(F)C(F)(F)F)c1ccc(Cl)cc1. The molecule has 1 aromatic rings. The van der Waals surface area contributed by atoms with Crippen LogP contribution in [-0.2, 0) is 15.1 Å². The molecule has 1 aromatic carbocycles. The van der Waals surface area contributed by atoms with Crippen molar-refractivity contribution in [3.63, 3.8) is 0 Å². The lowest BCUT2D eigenvalue weighted by Gasteiger charge is -2.22. The Morgan fingerprint density at radius 2 is 1.65 bits per heavy atom. The van der Waals surface area contributed by atoms with Gasteiger partial charge in [0.25, 0.3) is 5.91 Å². The summed E-state index contributed by atoms with van der Waals surface area (Å²) in [5, 5.41) is 2.01. The second-order valence-corrected chi connectivity index (χ2v) is 6.12. The second kappa shape index (κ2) is 5.31. The molecule has 1 unspecified atom stereocenters. The average Bonchev–Trinajstić information content (AvgIpc) is 3.00. The zero-order valence-corrected chi connectivity index (χ0v) is 12.9. The number of epoxide rings is 1. The third-order valence-electron chi connectivity index (χ3n) is 3.67. The van der Waals surface area contributed by atoms with Gasteiger partial charge in [-0.05, 0) is 31.5 Å². The van der Waals surface area contributed by atoms with E-state index in [-0.39, 0.29) is 0 Å². The monoisotopic (exact) mass is 357 g/mol. The molecule has 1 fully saturated rings. The van der Waals surface area contributed by atoms with Crippen molar-refractivity contribution in [3.8, 4) is 0 Å². The molecule has 1 atom stereocenters. The van der Waals surface area contributed by atoms with Gasteiger partial charge >= 0.3 is 12.1 Å². The highest BCUT2D eigenvalue weighted by molar-refractivity contribution is 6.30. The molecule has 1 aliphatic rings. The molecule has 23 heavy (non-hydrogen) atoms. The van der Waals surface area contributed by atoms with Crippen molar-refractivity contribution in [2.75, 3.05) is 6.54 Å². The van der Waals surface area contributed by atoms with Crippen molar-refractivity contribution in [1.82, 2.24) is 5.32 Å². The van der Waals surface area contributed by atoms with Gasteiger partial charge < -0.3 is 10.1 Å². The van der Waals surface area contributed by atoms with E-state index >= 15 is 0 Å². The van der Waals surface area contributed by atoms with E-state index < -0.39 is 35.8 Å². The van der Waals surface area contributed by atoms with E-state index in [1.165, 1.54) is 38.1 Å². The molecular weight excluding hydrogens is 345 g/mol. The van der Waals surface area contributed by atoms with Gasteiger partial charge in [0.1, 0.15) is 5.60 Å². The Labute approximate surface area is 133 Å². The number of amides is 1. The van der Waals surface area contributed by atoms with E-state index in [2.05, 4.69) is 0 Å². The molecule has 1 N–H and O–H groups in total. The molecule has 1 saturated heterocycles. The van der Waals surface area contributed by atoms with Gasteiger partial charge in [-0.15, -0.1) is 0 Å². The van der Waals surface area contributed by atoms with E-state index in [0.29, 0.717) is 10.6 Å². The highest BCUT2D eigenvalue weighted by Gasteiger charge is 2.70. The number of hydrogen-bond donors (Lipinski definition) is 1. The molecule has 1 amide bonds. The van der Waals surface area contributed by atoms with Gasteiger partial charge in [-0.2, -0.15) is 22.0 Å². The van der Waals surface area contributed by atoms with Crippen LogP contribution < -0.4 is 5.32 Å². The van der Waals surface area contributed by atoms with Crippen molar-refractivity contribution < 1.29 is 31.5 Å². The summed E-state index contributed by atoms with van der Waals surface area (Å²) < 4.78 is 67.8. The van der Waals surface area contributed by atoms with Crippen LogP contribution in [0.1, 0.15) is 19.4 Å². The van der Waals surface area contributed by atoms with Gasteiger partial charge in [-0.3, -0.25) is 4.79 Å². The van der Waals surface area contributed by atoms with Gasteiger partial charge in [-0.25, -0.2) is 0 Å². The number of rotatable bonds is 4. The van der Waals surface area contributed by atoms with Crippen LogP contribution in [0.2, 0.25) is 5.02 Å². The van der Waals surface area contributed by atoms with Crippen LogP contribution >= 0.6 is 11.6 Å². The molecule has 2 rings (SSSR count). The molecule has 0 spiro atoms. The van der Waals surface area contributed by atoms with E-state index in [9.17, 15) is 26.7 Å². The summed E-state index contributed by atoms with van der Waals surface area (Å²) in [5.74, 6) is -6.09. The second-order valence-electron chi connectivity index (χ2n) is 5.69. The first kappa shape index (κ1) is 17.9. The minimum atomic E-state index is -5.74. The number of alkyl halides is 5. The summed E-state index contributed by atoms with van der Waals surface area (Å²) in [5.41, 5.74) is -2.35. The highest BCUT2D eigenvalue weighted by Crippen LogP contribution is 2.55. The van der Waals surface area contributed by atoms with E-state index in [1.807, 2.05) is 0 Å². The molecule has 1 aliphatic heterocycles. The summed E-state index contributed by atoms with van der Waals surface area (Å²) in [6.07, 6.45) is -5.74. The molecule has 0 aromatic heterocycles. The fraction of sp³-hybridized carbons (Fsp3) is 0.500. The lowest BCUT2D eigenvalue weighted by Crippen LogP contribution is -2.50. The quantitative estimate of drug-likeness (QED) is 0.660. The smallest absolute Gasteiger partial charge is 0.347 e. The molecule has 0 saturated carbocycles. The minimum Gasteiger partial charge on any atom is -0.347 e. The maximum atomic E-state index is 12.9. The normalized spacial score (nSPS) is 23.5. The standard InChI is InChI=1S/C14H13ClF5NO2/c1-11(2)13(23-11,8-3-5-9(15)6-4-8)10(22)21-7-12(16,17)14(18,19)20/h3-6H,7H2,1-2H3,(H,21,22). The number of carbonyl (C=O) groups is 1. The zero-order valence-electron chi connectivity index (χ0n) is 12.1. The molecule has 1 heterocycles. The number of halogens is 6. The van der Waals surface area contributed by atoms with Crippen molar-refractivity contribution >= 4 is 17.5 Å². The Balaban J connectivity index is 2.20. The maximum Gasteiger partial charge on any atom is 0.455 e. The maximum absolute atomic E-state index is 12.9. The third kappa shape index (κ3) is 3.01. The molecular formula is C14H13ClF5NO2. The first-order valence-corrected chi connectivity index (χ1v) is 6.90. The number of nitrogens with one attached hydrogen (secondary N) is 1. The predicted molar refractivity (Wildman–Crippen MR) is 72.3 cm³/mol. The van der Waals surface area contributed by atoms with Crippen molar-refractivity contribution in [2.45, 2.75) is 37.1 Å². The van der Waals surface area contributed by atoms with Gasteiger partial charge in [0, 0.05) is 5.02 Å². The van der Waals surface area contributed by atoms with Crippen molar-refractivity contribution in [2.24, 2.45) is 0 Å². The Morgan fingerprint density at radius 3 is 2.04 bits per heavy atom. The van der Waals surface area contributed by atoms with E-state index in [4.69, 9.17) is 16.3 Å². The van der Waals surface area contributed by atoms with Crippen molar-refractivity contribution in [3.05, 3.63) is 34.9 Å². The summed E-state index contributed by atoms with van der Waals surface area (Å²) >= 11 is 5.74. The van der Waals surface area contributed by atoms with Crippen molar-refractivity contribution in [1.29, 1.82) is 0 Å². The van der Waals surface area contributed by atoms with Gasteiger partial charge in [0.15, 0.2) is 0 Å². The Hall–Kier alpha value is -1.41. The molecule has 9 heteroatoms. The predicted octanol–water partition coefficient (Wildman–Crippen LogP) is 3.66. The number of hydrogen-bond acceptors (Lipinski definition) is 2. The van der Waals surface area contributed by atoms with Crippen LogP contribution in [0.3, 0.4) is 0 Å². The van der Waals surface area contributed by atoms with Crippen LogP contribution in [0.15, 0.2) is 24.3 Å². The Bertz CT molecular complexity index is 615. The molecule has 3 nitrogen and oxygen atoms in total. The van der Waals surface area contributed by atoms with E-state index in [1.54, 1.807) is 5.32 Å². The third-order valence-corrected chi connectivity index (χ3v) is 3.92. The number of benzene rings is 1. The molecule has 0 radical (unpaired) electrons. The Kier molecular flexibility index (Phi) is 4.14. The van der Waals surface area contributed by atoms with Gasteiger partial charge in [0.05, 0.1) is 6.54 Å². The fourth-order valence-electron chi connectivity index (χ4n) is 2.32.